The number of fused-ring (bicyclic) bond motifs is 1. The number of nitrogens with one attached hydrogen (secondary N) is 2. The molecule has 3 N–H and O–H groups in total. The Morgan fingerprint density at radius 2 is 2.16 bits per heavy atom. The number of hydrogen-bond donors (Lipinski definition) is 3. The van der Waals surface area contributed by atoms with Crippen molar-refractivity contribution < 1.29 is 14.6 Å². The van der Waals surface area contributed by atoms with Crippen LogP contribution < -0.4 is 10.6 Å². The van der Waals surface area contributed by atoms with Crippen LogP contribution in [0.1, 0.15) is 42.9 Å². The lowest BCUT2D eigenvalue weighted by Crippen LogP contribution is -2.31. The molecule has 4 rings (SSSR count). The van der Waals surface area contributed by atoms with E-state index in [0.717, 1.165) is 37.1 Å². The van der Waals surface area contributed by atoms with Gasteiger partial charge in [0.2, 0.25) is 0 Å². The summed E-state index contributed by atoms with van der Waals surface area (Å²) >= 11 is 0. The van der Waals surface area contributed by atoms with Crippen molar-refractivity contribution in [3.05, 3.63) is 41.5 Å². The van der Waals surface area contributed by atoms with Gasteiger partial charge in [-0.3, -0.25) is 5.32 Å². The Morgan fingerprint density at radius 1 is 1.32 bits per heavy atom. The van der Waals surface area contributed by atoms with E-state index in [9.17, 15) is 9.90 Å². The zero-order chi connectivity index (χ0) is 17.4. The van der Waals surface area contributed by atoms with E-state index in [1.165, 1.54) is 0 Å². The molecule has 1 fully saturated rings. The Labute approximate surface area is 146 Å². The number of ether oxygens (including phenoxy) is 1. The minimum absolute atomic E-state index is 0.175. The van der Waals surface area contributed by atoms with Crippen LogP contribution in [-0.2, 0) is 4.74 Å². The number of rotatable bonds is 2. The molecule has 3 heterocycles. The van der Waals surface area contributed by atoms with Gasteiger partial charge in [-0.05, 0) is 56.0 Å². The van der Waals surface area contributed by atoms with E-state index in [4.69, 9.17) is 4.74 Å². The van der Waals surface area contributed by atoms with Gasteiger partial charge in [0, 0.05) is 17.7 Å². The molecule has 1 aromatic heterocycles. The zero-order valence-corrected chi connectivity index (χ0v) is 14.1. The maximum atomic E-state index is 11.8. The molecule has 0 bridgehead atoms. The molecule has 0 aliphatic carbocycles. The lowest BCUT2D eigenvalue weighted by Gasteiger charge is -2.31. The van der Waals surface area contributed by atoms with E-state index in [1.54, 1.807) is 12.1 Å². The Balaban J connectivity index is 1.88. The van der Waals surface area contributed by atoms with Crippen LogP contribution in [0.15, 0.2) is 30.3 Å². The van der Waals surface area contributed by atoms with Crippen molar-refractivity contribution >= 4 is 11.9 Å². The van der Waals surface area contributed by atoms with E-state index >= 15 is 0 Å². The predicted octanol–water partition coefficient (Wildman–Crippen LogP) is 3.54. The summed E-state index contributed by atoms with van der Waals surface area (Å²) in [6.07, 6.45) is 1.35. The first-order valence-corrected chi connectivity index (χ1v) is 8.65. The van der Waals surface area contributed by atoms with Crippen LogP contribution in [0.3, 0.4) is 0 Å². The average Bonchev–Trinajstić information content (AvgIpc) is 2.61. The molecule has 0 saturated carbocycles. The van der Waals surface area contributed by atoms with Gasteiger partial charge in [-0.25, -0.2) is 9.78 Å². The van der Waals surface area contributed by atoms with Crippen molar-refractivity contribution in [1.29, 1.82) is 0 Å². The van der Waals surface area contributed by atoms with Crippen molar-refractivity contribution in [2.75, 3.05) is 18.4 Å². The van der Waals surface area contributed by atoms with Crippen LogP contribution in [-0.4, -0.2) is 29.3 Å². The van der Waals surface area contributed by atoms with Gasteiger partial charge >= 0.3 is 6.09 Å². The van der Waals surface area contributed by atoms with Crippen molar-refractivity contribution in [2.24, 2.45) is 0 Å². The third-order valence-corrected chi connectivity index (χ3v) is 4.92. The van der Waals surface area contributed by atoms with Gasteiger partial charge < -0.3 is 15.2 Å². The summed E-state index contributed by atoms with van der Waals surface area (Å²) < 4.78 is 5.35. The van der Waals surface area contributed by atoms with Crippen molar-refractivity contribution in [1.82, 2.24) is 10.3 Å². The number of nitrogens with zero attached hydrogens (tertiary/aromatic N) is 1. The van der Waals surface area contributed by atoms with Crippen LogP contribution in [0.25, 0.3) is 11.3 Å². The number of anilines is 1. The highest BCUT2D eigenvalue weighted by molar-refractivity contribution is 5.88. The third-order valence-electron chi connectivity index (χ3n) is 4.92. The third kappa shape index (κ3) is 2.93. The van der Waals surface area contributed by atoms with Gasteiger partial charge in [0.1, 0.15) is 17.7 Å². The number of amides is 1. The first-order chi connectivity index (χ1) is 12.1. The molecule has 2 unspecified atom stereocenters. The Hall–Kier alpha value is -2.60. The quantitative estimate of drug-likeness (QED) is 0.779. The molecule has 6 nitrogen and oxygen atoms in total. The summed E-state index contributed by atoms with van der Waals surface area (Å²) in [4.78, 5) is 16.4. The minimum atomic E-state index is -0.491. The molecule has 1 amide bonds. The summed E-state index contributed by atoms with van der Waals surface area (Å²) in [6.45, 7) is 3.79. The highest BCUT2D eigenvalue weighted by Crippen LogP contribution is 2.40. The predicted molar refractivity (Wildman–Crippen MR) is 94.7 cm³/mol. The molecule has 0 spiro atoms. The van der Waals surface area contributed by atoms with Gasteiger partial charge in [-0.15, -0.1) is 0 Å². The molecular weight excluding hydrogens is 318 g/mol. The molecule has 130 valence electrons. The normalized spacial score (nSPS) is 22.7. The van der Waals surface area contributed by atoms with E-state index in [2.05, 4.69) is 15.6 Å². The smallest absolute Gasteiger partial charge is 0.413 e. The first kappa shape index (κ1) is 15.9. The lowest BCUT2D eigenvalue weighted by atomic mass is 9.86. The molecule has 1 saturated heterocycles. The Morgan fingerprint density at radius 3 is 2.92 bits per heavy atom. The fraction of sp³-hybridized carbons (Fsp3) is 0.368. The molecule has 2 atom stereocenters. The van der Waals surface area contributed by atoms with Crippen LogP contribution in [0.5, 0.6) is 5.75 Å². The number of cyclic esters (lactones) is 1. The van der Waals surface area contributed by atoms with Crippen molar-refractivity contribution in [2.45, 2.75) is 31.8 Å². The standard InChI is InChI=1S/C19H21N3O3/c1-11-17-14(12-5-4-8-20-10-12)9-15(13-6-2-3-7-16(13)23)21-18(17)22-19(24)25-11/h2-3,6-7,9,11-12,20,23H,4-5,8,10H2,1H3,(H,21,22,24). The van der Waals surface area contributed by atoms with E-state index < -0.39 is 6.09 Å². The minimum Gasteiger partial charge on any atom is -0.507 e. The fourth-order valence-corrected chi connectivity index (χ4v) is 3.73. The molecule has 0 radical (unpaired) electrons. The Bertz CT molecular complexity index is 816. The second kappa shape index (κ2) is 6.37. The average molecular weight is 339 g/mol. The topological polar surface area (TPSA) is 83.5 Å². The molecule has 2 aliphatic heterocycles. The number of phenolic OH excluding ortho intramolecular Hbond substituents is 1. The van der Waals surface area contributed by atoms with Crippen LogP contribution >= 0.6 is 0 Å². The molecule has 25 heavy (non-hydrogen) atoms. The van der Waals surface area contributed by atoms with Crippen LogP contribution in [0.2, 0.25) is 0 Å². The van der Waals surface area contributed by atoms with Crippen molar-refractivity contribution in [3.63, 3.8) is 0 Å². The number of phenols is 1. The van der Waals surface area contributed by atoms with E-state index in [-0.39, 0.29) is 11.9 Å². The van der Waals surface area contributed by atoms with Gasteiger partial charge in [0.05, 0.1) is 5.69 Å². The number of piperidine rings is 1. The van der Waals surface area contributed by atoms with Gasteiger partial charge in [-0.2, -0.15) is 0 Å². The number of benzene rings is 1. The Kier molecular flexibility index (Phi) is 4.05. The monoisotopic (exact) mass is 339 g/mol. The second-order valence-corrected chi connectivity index (χ2v) is 6.59. The number of hydrogen-bond acceptors (Lipinski definition) is 5. The molecule has 6 heteroatoms. The highest BCUT2D eigenvalue weighted by Gasteiger charge is 2.31. The van der Waals surface area contributed by atoms with E-state index in [1.807, 2.05) is 25.1 Å². The number of aromatic hydroxyl groups is 1. The lowest BCUT2D eigenvalue weighted by molar-refractivity contribution is 0.115. The zero-order valence-electron chi connectivity index (χ0n) is 14.1. The summed E-state index contributed by atoms with van der Waals surface area (Å²) in [5.41, 5.74) is 3.38. The summed E-state index contributed by atoms with van der Waals surface area (Å²) in [5, 5.41) is 16.4. The maximum Gasteiger partial charge on any atom is 0.413 e. The molecule has 2 aliphatic rings. The summed E-state index contributed by atoms with van der Waals surface area (Å²) in [7, 11) is 0. The SMILES string of the molecule is CC1OC(=O)Nc2nc(-c3ccccc3O)cc(C3CCCNC3)c21. The first-order valence-electron chi connectivity index (χ1n) is 8.65. The second-order valence-electron chi connectivity index (χ2n) is 6.59. The molecule has 1 aromatic carbocycles. The number of carbonyl (C=O) groups excluding carboxylic acids is 1. The largest absolute Gasteiger partial charge is 0.507 e. The summed E-state index contributed by atoms with van der Waals surface area (Å²) in [5.74, 6) is 1.04. The highest BCUT2D eigenvalue weighted by atomic mass is 16.6. The number of carbonyl (C=O) groups is 1. The molecule has 2 aromatic rings. The number of para-hydroxylation sites is 1. The van der Waals surface area contributed by atoms with Gasteiger partial charge in [-0.1, -0.05) is 12.1 Å². The molecular formula is C19H21N3O3. The van der Waals surface area contributed by atoms with Crippen LogP contribution in [0.4, 0.5) is 10.6 Å². The fourth-order valence-electron chi connectivity index (χ4n) is 3.73. The number of aromatic nitrogens is 1. The number of pyridine rings is 1. The van der Waals surface area contributed by atoms with Crippen LogP contribution in [0, 0.1) is 0 Å². The maximum absolute atomic E-state index is 11.8. The van der Waals surface area contributed by atoms with Gasteiger partial charge in [0.25, 0.3) is 0 Å². The van der Waals surface area contributed by atoms with E-state index in [0.29, 0.717) is 23.0 Å². The summed E-state index contributed by atoms with van der Waals surface area (Å²) in [6, 6.07) is 9.15. The van der Waals surface area contributed by atoms with Crippen molar-refractivity contribution in [3.8, 4) is 17.0 Å². The van der Waals surface area contributed by atoms with Gasteiger partial charge in [0.15, 0.2) is 0 Å².